The first-order valence-electron chi connectivity index (χ1n) is 9.08. The summed E-state index contributed by atoms with van der Waals surface area (Å²) < 4.78 is 33.4. The maximum atomic E-state index is 11.4. The molecule has 0 radical (unpaired) electrons. The normalized spacial score (nSPS) is 32.6. The zero-order valence-corrected chi connectivity index (χ0v) is 17.1. The van der Waals surface area contributed by atoms with Crippen LogP contribution < -0.4 is 22.0 Å². The van der Waals surface area contributed by atoms with Crippen LogP contribution in [0.4, 0.5) is 0 Å². The SMILES string of the molecule is CC(C)(C1CCC(OP(N)(N)=O)CC1)C1CCC(OP(N)(N)=O)CC1. The van der Waals surface area contributed by atoms with E-state index in [9.17, 15) is 9.13 Å². The van der Waals surface area contributed by atoms with Crippen molar-refractivity contribution in [3.8, 4) is 0 Å². The van der Waals surface area contributed by atoms with Crippen molar-refractivity contribution in [2.45, 2.75) is 77.4 Å². The lowest BCUT2D eigenvalue weighted by atomic mass is 9.60. The number of hydrogen-bond acceptors (Lipinski definition) is 4. The van der Waals surface area contributed by atoms with E-state index < -0.39 is 15.3 Å². The van der Waals surface area contributed by atoms with Crippen LogP contribution in [0.2, 0.25) is 0 Å². The minimum atomic E-state index is -3.40. The fourth-order valence-corrected chi connectivity index (χ4v) is 5.98. The monoisotopic (exact) mass is 396 g/mol. The van der Waals surface area contributed by atoms with Crippen molar-refractivity contribution in [2.24, 2.45) is 39.3 Å². The van der Waals surface area contributed by atoms with Crippen LogP contribution >= 0.6 is 15.3 Å². The van der Waals surface area contributed by atoms with Crippen molar-refractivity contribution in [3.05, 3.63) is 0 Å². The summed E-state index contributed by atoms with van der Waals surface area (Å²) in [4.78, 5) is 0. The van der Waals surface area contributed by atoms with Gasteiger partial charge in [0.05, 0.1) is 12.2 Å². The molecule has 148 valence electrons. The summed E-state index contributed by atoms with van der Waals surface area (Å²) in [5.41, 5.74) is 21.5. The topological polar surface area (TPSA) is 157 Å². The highest BCUT2D eigenvalue weighted by atomic mass is 31.2. The predicted molar refractivity (Wildman–Crippen MR) is 99.4 cm³/mol. The highest BCUT2D eigenvalue weighted by molar-refractivity contribution is 7.54. The Kier molecular flexibility index (Phi) is 6.95. The van der Waals surface area contributed by atoms with Gasteiger partial charge in [0.15, 0.2) is 0 Å². The van der Waals surface area contributed by atoms with Crippen LogP contribution in [0.1, 0.15) is 65.2 Å². The van der Waals surface area contributed by atoms with E-state index in [1.807, 2.05) is 0 Å². The van der Waals surface area contributed by atoms with Gasteiger partial charge in [-0.15, -0.1) is 0 Å². The van der Waals surface area contributed by atoms with Crippen molar-refractivity contribution in [1.29, 1.82) is 0 Å². The van der Waals surface area contributed by atoms with Crippen LogP contribution in [0.5, 0.6) is 0 Å². The lowest BCUT2D eigenvalue weighted by molar-refractivity contribution is 0.0121. The van der Waals surface area contributed by atoms with Gasteiger partial charge in [0.1, 0.15) is 0 Å². The molecule has 0 atom stereocenters. The second-order valence-corrected chi connectivity index (χ2v) is 11.3. The van der Waals surface area contributed by atoms with Gasteiger partial charge in [-0.25, -0.2) is 22.0 Å². The largest absolute Gasteiger partial charge is 0.335 e. The summed E-state index contributed by atoms with van der Waals surface area (Å²) in [6, 6.07) is 0. The molecular formula is C15H34N4O4P2. The van der Waals surface area contributed by atoms with E-state index in [2.05, 4.69) is 13.8 Å². The molecule has 0 aromatic carbocycles. The van der Waals surface area contributed by atoms with E-state index in [-0.39, 0.29) is 17.6 Å². The Hall–Kier alpha value is 0.220. The van der Waals surface area contributed by atoms with Gasteiger partial charge in [-0.05, 0) is 68.6 Å². The van der Waals surface area contributed by atoms with E-state index in [0.29, 0.717) is 11.8 Å². The Morgan fingerprint density at radius 1 is 0.680 bits per heavy atom. The van der Waals surface area contributed by atoms with E-state index >= 15 is 0 Å². The smallest absolute Gasteiger partial charge is 0.303 e. The molecule has 0 unspecified atom stereocenters. The molecule has 0 heterocycles. The van der Waals surface area contributed by atoms with Crippen LogP contribution in [0.3, 0.4) is 0 Å². The summed E-state index contributed by atoms with van der Waals surface area (Å²) in [5, 5.41) is 0. The minimum Gasteiger partial charge on any atom is -0.303 e. The van der Waals surface area contributed by atoms with Crippen molar-refractivity contribution < 1.29 is 18.2 Å². The molecule has 0 aromatic heterocycles. The van der Waals surface area contributed by atoms with E-state index in [1.165, 1.54) is 0 Å². The second kappa shape index (κ2) is 8.07. The first-order chi connectivity index (χ1) is 11.4. The molecule has 2 fully saturated rings. The zero-order chi connectivity index (χ0) is 18.9. The highest BCUT2D eigenvalue weighted by Gasteiger charge is 2.41. The van der Waals surface area contributed by atoms with Gasteiger partial charge in [-0.1, -0.05) is 13.8 Å². The first kappa shape index (κ1) is 21.5. The average molecular weight is 396 g/mol. The summed E-state index contributed by atoms with van der Waals surface area (Å²) in [6.45, 7) is 4.66. The Morgan fingerprint density at radius 3 is 1.20 bits per heavy atom. The number of rotatable bonds is 6. The van der Waals surface area contributed by atoms with Gasteiger partial charge >= 0.3 is 15.3 Å². The lowest BCUT2D eigenvalue weighted by Crippen LogP contribution is -2.39. The van der Waals surface area contributed by atoms with Gasteiger partial charge in [0.25, 0.3) is 0 Å². The molecular weight excluding hydrogens is 362 g/mol. The quantitative estimate of drug-likeness (QED) is 0.498. The molecule has 0 amide bonds. The van der Waals surface area contributed by atoms with Crippen molar-refractivity contribution in [2.75, 3.05) is 0 Å². The Balaban J connectivity index is 1.84. The maximum Gasteiger partial charge on any atom is 0.335 e. The average Bonchev–Trinajstić information content (AvgIpc) is 2.45. The van der Waals surface area contributed by atoms with Crippen LogP contribution in [-0.2, 0) is 18.2 Å². The zero-order valence-electron chi connectivity index (χ0n) is 15.3. The first-order valence-corrected chi connectivity index (χ1v) is 12.6. The Bertz CT molecular complexity index is 486. The third-order valence-electron chi connectivity index (χ3n) is 6.08. The van der Waals surface area contributed by atoms with Crippen LogP contribution in [0.25, 0.3) is 0 Å². The molecule has 2 aliphatic rings. The summed E-state index contributed by atoms with van der Waals surface area (Å²) in [5.74, 6) is 1.17. The second-order valence-electron chi connectivity index (χ2n) is 8.27. The van der Waals surface area contributed by atoms with Crippen molar-refractivity contribution in [3.63, 3.8) is 0 Å². The van der Waals surface area contributed by atoms with Crippen LogP contribution in [0.15, 0.2) is 0 Å². The van der Waals surface area contributed by atoms with Crippen molar-refractivity contribution in [1.82, 2.24) is 0 Å². The molecule has 10 heteroatoms. The van der Waals surface area contributed by atoms with Gasteiger partial charge in [-0.3, -0.25) is 9.13 Å². The van der Waals surface area contributed by atoms with Gasteiger partial charge in [0, 0.05) is 0 Å². The summed E-state index contributed by atoms with van der Waals surface area (Å²) in [7, 11) is -6.81. The van der Waals surface area contributed by atoms with Crippen molar-refractivity contribution >= 4 is 15.3 Å². The van der Waals surface area contributed by atoms with Crippen LogP contribution in [0, 0.1) is 17.3 Å². The lowest BCUT2D eigenvalue weighted by Gasteiger charge is -2.46. The number of hydrogen-bond donors (Lipinski definition) is 4. The molecule has 2 saturated carbocycles. The molecule has 0 bridgehead atoms. The molecule has 8 nitrogen and oxygen atoms in total. The Morgan fingerprint density at radius 2 is 0.960 bits per heavy atom. The van der Waals surface area contributed by atoms with E-state index in [1.54, 1.807) is 0 Å². The fraction of sp³-hybridized carbons (Fsp3) is 1.00. The minimum absolute atomic E-state index is 0.0970. The molecule has 25 heavy (non-hydrogen) atoms. The van der Waals surface area contributed by atoms with Gasteiger partial charge < -0.3 is 9.05 Å². The van der Waals surface area contributed by atoms with Crippen LogP contribution in [-0.4, -0.2) is 12.2 Å². The molecule has 8 N–H and O–H groups in total. The summed E-state index contributed by atoms with van der Waals surface area (Å²) >= 11 is 0. The molecule has 0 aliphatic heterocycles. The summed E-state index contributed by atoms with van der Waals surface area (Å²) in [6.07, 6.45) is 7.26. The van der Waals surface area contributed by atoms with E-state index in [4.69, 9.17) is 31.1 Å². The Labute approximate surface area is 150 Å². The third kappa shape index (κ3) is 6.71. The standard InChI is InChI=1S/C15H34N4O4P2/c1-15(2,11-3-7-13(8-4-11)22-24(16,17)20)12-5-9-14(10-6-12)23-25(18,19)21/h11-14H,3-10H2,1-2H3,(H4,16,17,20)(H4,18,19,21). The van der Waals surface area contributed by atoms with Gasteiger partial charge in [0.2, 0.25) is 0 Å². The fourth-order valence-electron chi connectivity index (χ4n) is 4.62. The molecule has 2 aliphatic carbocycles. The molecule has 0 saturated heterocycles. The third-order valence-corrected chi connectivity index (χ3v) is 7.34. The molecule has 0 aromatic rings. The van der Waals surface area contributed by atoms with Gasteiger partial charge in [-0.2, -0.15) is 0 Å². The number of nitrogens with two attached hydrogens (primary N) is 4. The highest BCUT2D eigenvalue weighted by Crippen LogP contribution is 2.50. The molecule has 2 rings (SSSR count). The van der Waals surface area contributed by atoms with E-state index in [0.717, 1.165) is 51.4 Å². The maximum absolute atomic E-state index is 11.4. The predicted octanol–water partition coefficient (Wildman–Crippen LogP) is 3.21. The molecule has 0 spiro atoms.